The molecule has 2 rings (SSSR count). The van der Waals surface area contributed by atoms with E-state index in [0.29, 0.717) is 5.92 Å². The summed E-state index contributed by atoms with van der Waals surface area (Å²) in [4.78, 5) is 4.40. The van der Waals surface area contributed by atoms with E-state index < -0.39 is 0 Å². The van der Waals surface area contributed by atoms with Gasteiger partial charge in [-0.15, -0.1) is 0 Å². The zero-order valence-corrected chi connectivity index (χ0v) is 12.0. The van der Waals surface area contributed by atoms with Crippen molar-refractivity contribution in [2.75, 3.05) is 0 Å². The first-order valence-corrected chi connectivity index (χ1v) is 6.87. The summed E-state index contributed by atoms with van der Waals surface area (Å²) in [5.74, 6) is 3.55. The Morgan fingerprint density at radius 2 is 1.55 bits per heavy atom. The summed E-state index contributed by atoms with van der Waals surface area (Å²) >= 11 is 0. The van der Waals surface area contributed by atoms with Crippen molar-refractivity contribution >= 4 is 17.6 Å². The zero-order valence-electron chi connectivity index (χ0n) is 12.0. The molecule has 0 aliphatic heterocycles. The smallest absolute Gasteiger partial charge is 0.0729 e. The molecule has 0 spiro atoms. The number of hydrogen-bond donors (Lipinski definition) is 0. The highest BCUT2D eigenvalue weighted by Crippen LogP contribution is 2.13. The molecule has 2 aromatic carbocycles. The van der Waals surface area contributed by atoms with Crippen LogP contribution in [0, 0.1) is 5.92 Å². The summed E-state index contributed by atoms with van der Waals surface area (Å²) < 4.78 is 0. The first-order chi connectivity index (χ1) is 9.75. The third-order valence-electron chi connectivity index (χ3n) is 2.95. The van der Waals surface area contributed by atoms with Gasteiger partial charge in [-0.3, -0.25) is 0 Å². The lowest BCUT2D eigenvalue weighted by Crippen LogP contribution is -1.90. The van der Waals surface area contributed by atoms with Crippen LogP contribution in [0.1, 0.15) is 19.4 Å². The van der Waals surface area contributed by atoms with E-state index in [-0.39, 0.29) is 0 Å². The SMILES string of the molecule is CC(C)C(=C=Nc1ccccc1)/C=C/c1ccccc1. The largest absolute Gasteiger partial charge is 0.206 e. The maximum absolute atomic E-state index is 4.40. The number of hydrogen-bond acceptors (Lipinski definition) is 1. The van der Waals surface area contributed by atoms with E-state index in [1.807, 2.05) is 48.5 Å². The molecular formula is C19H19N. The second kappa shape index (κ2) is 7.28. The predicted molar refractivity (Wildman–Crippen MR) is 87.4 cm³/mol. The van der Waals surface area contributed by atoms with Crippen molar-refractivity contribution in [1.82, 2.24) is 0 Å². The van der Waals surface area contributed by atoms with Crippen molar-refractivity contribution in [2.45, 2.75) is 13.8 Å². The molecule has 100 valence electrons. The van der Waals surface area contributed by atoms with Gasteiger partial charge in [0.2, 0.25) is 0 Å². The Balaban J connectivity index is 2.24. The van der Waals surface area contributed by atoms with E-state index in [9.17, 15) is 0 Å². The molecular weight excluding hydrogens is 242 g/mol. The third kappa shape index (κ3) is 4.38. The Morgan fingerprint density at radius 1 is 0.950 bits per heavy atom. The van der Waals surface area contributed by atoms with Crippen LogP contribution < -0.4 is 0 Å². The average Bonchev–Trinajstić information content (AvgIpc) is 2.49. The van der Waals surface area contributed by atoms with Crippen LogP contribution in [0.2, 0.25) is 0 Å². The van der Waals surface area contributed by atoms with Crippen molar-refractivity contribution in [2.24, 2.45) is 10.9 Å². The van der Waals surface area contributed by atoms with Crippen molar-refractivity contribution in [3.8, 4) is 0 Å². The highest BCUT2D eigenvalue weighted by molar-refractivity contribution is 5.69. The summed E-state index contributed by atoms with van der Waals surface area (Å²) in [5.41, 5.74) is 3.21. The van der Waals surface area contributed by atoms with Gasteiger partial charge in [-0.1, -0.05) is 68.5 Å². The van der Waals surface area contributed by atoms with Gasteiger partial charge in [0.25, 0.3) is 0 Å². The number of aliphatic imine (C=N–C) groups is 1. The van der Waals surface area contributed by atoms with Crippen LogP contribution in [0.3, 0.4) is 0 Å². The minimum atomic E-state index is 0.391. The molecule has 2 aromatic rings. The van der Waals surface area contributed by atoms with Crippen molar-refractivity contribution in [3.63, 3.8) is 0 Å². The number of rotatable bonds is 4. The van der Waals surface area contributed by atoms with Crippen LogP contribution in [0.4, 0.5) is 5.69 Å². The third-order valence-corrected chi connectivity index (χ3v) is 2.95. The summed E-state index contributed by atoms with van der Waals surface area (Å²) in [5, 5.41) is 0. The van der Waals surface area contributed by atoms with Gasteiger partial charge in [0.05, 0.1) is 5.69 Å². The highest BCUT2D eigenvalue weighted by atomic mass is 14.7. The molecule has 0 aromatic heterocycles. The zero-order chi connectivity index (χ0) is 14.2. The van der Waals surface area contributed by atoms with Crippen LogP contribution in [-0.2, 0) is 0 Å². The first kappa shape index (κ1) is 14.0. The molecule has 0 aliphatic carbocycles. The quantitative estimate of drug-likeness (QED) is 0.524. The topological polar surface area (TPSA) is 12.4 Å². The van der Waals surface area contributed by atoms with Crippen molar-refractivity contribution in [3.05, 3.63) is 77.9 Å². The van der Waals surface area contributed by atoms with Gasteiger partial charge < -0.3 is 0 Å². The Bertz CT molecular complexity index is 615. The van der Waals surface area contributed by atoms with E-state index in [1.54, 1.807) is 0 Å². The van der Waals surface area contributed by atoms with E-state index >= 15 is 0 Å². The van der Waals surface area contributed by atoms with Crippen molar-refractivity contribution < 1.29 is 0 Å². The van der Waals surface area contributed by atoms with Gasteiger partial charge in [0, 0.05) is 5.57 Å². The van der Waals surface area contributed by atoms with Gasteiger partial charge in [0.1, 0.15) is 0 Å². The number of allylic oxidation sites excluding steroid dienone is 2. The summed E-state index contributed by atoms with van der Waals surface area (Å²) in [6.45, 7) is 4.30. The molecule has 0 saturated heterocycles. The molecule has 0 unspecified atom stereocenters. The highest BCUT2D eigenvalue weighted by Gasteiger charge is 1.98. The second-order valence-electron chi connectivity index (χ2n) is 4.91. The van der Waals surface area contributed by atoms with Crippen LogP contribution in [0.5, 0.6) is 0 Å². The molecule has 0 saturated carbocycles. The molecule has 0 fully saturated rings. The van der Waals surface area contributed by atoms with Gasteiger partial charge in [-0.2, -0.15) is 0 Å². The van der Waals surface area contributed by atoms with Crippen LogP contribution in [0.25, 0.3) is 6.08 Å². The second-order valence-corrected chi connectivity index (χ2v) is 4.91. The monoisotopic (exact) mass is 261 g/mol. The van der Waals surface area contributed by atoms with Gasteiger partial charge in [-0.05, 0) is 35.6 Å². The van der Waals surface area contributed by atoms with Crippen molar-refractivity contribution in [1.29, 1.82) is 0 Å². The maximum atomic E-state index is 4.40. The molecule has 0 radical (unpaired) electrons. The minimum absolute atomic E-state index is 0.391. The normalized spacial score (nSPS) is 10.6. The molecule has 0 atom stereocenters. The van der Waals surface area contributed by atoms with Gasteiger partial charge in [0.15, 0.2) is 0 Å². The molecule has 1 heteroatoms. The molecule has 20 heavy (non-hydrogen) atoms. The van der Waals surface area contributed by atoms with Crippen LogP contribution >= 0.6 is 0 Å². The molecule has 0 N–H and O–H groups in total. The summed E-state index contributed by atoms with van der Waals surface area (Å²) in [6, 6.07) is 20.2. The predicted octanol–water partition coefficient (Wildman–Crippen LogP) is 5.28. The fraction of sp³-hybridized carbons (Fsp3) is 0.158. The summed E-state index contributed by atoms with van der Waals surface area (Å²) in [6.07, 6.45) is 4.19. The Labute approximate surface area is 121 Å². The summed E-state index contributed by atoms with van der Waals surface area (Å²) in [7, 11) is 0. The number of nitrogens with zero attached hydrogens (tertiary/aromatic N) is 1. The first-order valence-electron chi connectivity index (χ1n) is 6.87. The van der Waals surface area contributed by atoms with Crippen LogP contribution in [0.15, 0.2) is 77.3 Å². The number of para-hydroxylation sites is 1. The molecule has 0 heterocycles. The van der Waals surface area contributed by atoms with E-state index in [2.05, 4.69) is 49.0 Å². The molecule has 1 nitrogen and oxygen atoms in total. The van der Waals surface area contributed by atoms with E-state index in [1.165, 1.54) is 5.56 Å². The van der Waals surface area contributed by atoms with Crippen LogP contribution in [-0.4, -0.2) is 5.87 Å². The Kier molecular flexibility index (Phi) is 5.11. The van der Waals surface area contributed by atoms with E-state index in [4.69, 9.17) is 0 Å². The van der Waals surface area contributed by atoms with E-state index in [0.717, 1.165) is 11.3 Å². The molecule has 0 aliphatic rings. The van der Waals surface area contributed by atoms with Gasteiger partial charge >= 0.3 is 0 Å². The standard InChI is InChI=1S/C19H19N/c1-16(2)18(14-13-17-9-5-3-6-10-17)15-20-19-11-7-4-8-12-19/h3-14,16H,1-2H3/b14-13+. The molecule has 0 bridgehead atoms. The Hall–Kier alpha value is -2.37. The lowest BCUT2D eigenvalue weighted by molar-refractivity contribution is 0.802. The average molecular weight is 261 g/mol. The lowest BCUT2D eigenvalue weighted by Gasteiger charge is -2.01. The number of benzene rings is 2. The Morgan fingerprint density at radius 3 is 2.15 bits per heavy atom. The fourth-order valence-corrected chi connectivity index (χ4v) is 1.74. The molecule has 0 amide bonds. The minimum Gasteiger partial charge on any atom is -0.206 e. The maximum Gasteiger partial charge on any atom is 0.0729 e. The lowest BCUT2D eigenvalue weighted by atomic mass is 10.0. The fourth-order valence-electron chi connectivity index (χ4n) is 1.74. The van der Waals surface area contributed by atoms with Gasteiger partial charge in [-0.25, -0.2) is 4.99 Å².